The molecule has 4 N–H and O–H groups in total. The molecule has 0 aromatic rings. The van der Waals surface area contributed by atoms with Gasteiger partial charge in [0.1, 0.15) is 6.10 Å². The van der Waals surface area contributed by atoms with E-state index in [9.17, 15) is 28.0 Å². The van der Waals surface area contributed by atoms with E-state index in [1.807, 2.05) is 0 Å². The predicted octanol–water partition coefficient (Wildman–Crippen LogP) is 10.2. The van der Waals surface area contributed by atoms with Gasteiger partial charge in [0.2, 0.25) is 5.91 Å². The maximum atomic E-state index is 12.6. The number of rotatable bonds is 35. The van der Waals surface area contributed by atoms with Crippen LogP contribution in [0.5, 0.6) is 0 Å². The monoisotopic (exact) mass is 686 g/mol. The Morgan fingerprint density at radius 1 is 0.596 bits per heavy atom. The van der Waals surface area contributed by atoms with Crippen molar-refractivity contribution in [3.05, 3.63) is 24.3 Å². The smallest absolute Gasteiger partial charge is 0.266 e. The average molecular weight is 686 g/mol. The maximum Gasteiger partial charge on any atom is 0.266 e. The van der Waals surface area contributed by atoms with E-state index < -0.39 is 40.0 Å². The number of nitrogens with one attached hydrogen (secondary N) is 1. The fourth-order valence-electron chi connectivity index (χ4n) is 6.03. The van der Waals surface area contributed by atoms with E-state index in [1.54, 1.807) is 0 Å². The van der Waals surface area contributed by atoms with E-state index in [4.69, 9.17) is 0 Å². The molecule has 0 aliphatic rings. The van der Waals surface area contributed by atoms with Crippen LogP contribution >= 0.6 is 0 Å². The van der Waals surface area contributed by atoms with Crippen molar-refractivity contribution in [2.24, 2.45) is 0 Å². The van der Waals surface area contributed by atoms with Crippen molar-refractivity contribution in [3.8, 4) is 0 Å². The highest BCUT2D eigenvalue weighted by Crippen LogP contribution is 2.16. The number of carbonyl (C=O) groups excluding carboxylic acids is 1. The third kappa shape index (κ3) is 33.1. The number of hydrogen-bond acceptors (Lipinski definition) is 5. The Bertz CT molecular complexity index is 860. The van der Waals surface area contributed by atoms with Gasteiger partial charge in [0.05, 0.1) is 17.9 Å². The molecule has 0 fully saturated rings. The van der Waals surface area contributed by atoms with Crippen molar-refractivity contribution in [3.63, 3.8) is 0 Å². The van der Waals surface area contributed by atoms with Gasteiger partial charge in [-0.1, -0.05) is 179 Å². The van der Waals surface area contributed by atoms with Crippen LogP contribution in [0.3, 0.4) is 0 Å². The van der Waals surface area contributed by atoms with E-state index in [-0.39, 0.29) is 0 Å². The summed E-state index contributed by atoms with van der Waals surface area (Å²) in [5.41, 5.74) is 0. The molecule has 0 saturated heterocycles. The van der Waals surface area contributed by atoms with Crippen LogP contribution in [-0.2, 0) is 14.9 Å². The minimum absolute atomic E-state index is 0.297. The van der Waals surface area contributed by atoms with E-state index in [2.05, 4.69) is 43.5 Å². The number of aliphatic hydroxyl groups excluding tert-OH is 2. The Morgan fingerprint density at radius 2 is 1.02 bits per heavy atom. The van der Waals surface area contributed by atoms with E-state index in [0.717, 1.165) is 51.4 Å². The summed E-state index contributed by atoms with van der Waals surface area (Å²) in [5, 5.41) is 23.4. The molecule has 47 heavy (non-hydrogen) atoms. The highest BCUT2D eigenvalue weighted by Gasteiger charge is 2.28. The molecule has 0 aromatic carbocycles. The molecule has 0 heterocycles. The van der Waals surface area contributed by atoms with E-state index >= 15 is 0 Å². The van der Waals surface area contributed by atoms with Crippen LogP contribution in [0.15, 0.2) is 24.3 Å². The molecule has 0 spiro atoms. The molecule has 0 aliphatic carbocycles. The predicted molar refractivity (Wildman–Crippen MR) is 199 cm³/mol. The van der Waals surface area contributed by atoms with Crippen molar-refractivity contribution in [2.75, 3.05) is 5.75 Å². The van der Waals surface area contributed by atoms with Gasteiger partial charge in [0.15, 0.2) is 0 Å². The summed E-state index contributed by atoms with van der Waals surface area (Å²) < 4.78 is 32.4. The molecule has 0 rings (SSSR count). The number of unbranched alkanes of at least 4 members (excludes halogenated alkanes) is 22. The van der Waals surface area contributed by atoms with Crippen LogP contribution in [0.2, 0.25) is 0 Å². The summed E-state index contributed by atoms with van der Waals surface area (Å²) >= 11 is 0. The topological polar surface area (TPSA) is 124 Å². The average Bonchev–Trinajstić information content (AvgIpc) is 3.03. The fraction of sp³-hybridized carbons (Fsp3) is 0.872. The van der Waals surface area contributed by atoms with E-state index in [0.29, 0.717) is 25.7 Å². The lowest BCUT2D eigenvalue weighted by atomic mass is 10.0. The molecule has 1 amide bonds. The van der Waals surface area contributed by atoms with Gasteiger partial charge < -0.3 is 15.5 Å². The Balaban J connectivity index is 3.91. The van der Waals surface area contributed by atoms with Crippen LogP contribution in [0, 0.1) is 0 Å². The van der Waals surface area contributed by atoms with Gasteiger partial charge in [-0.25, -0.2) is 0 Å². The first-order valence-electron chi connectivity index (χ1n) is 19.6. The fourth-order valence-corrected chi connectivity index (χ4v) is 6.79. The highest BCUT2D eigenvalue weighted by atomic mass is 32.2. The largest absolute Gasteiger partial charge is 0.391 e. The van der Waals surface area contributed by atoms with Crippen molar-refractivity contribution in [2.45, 2.75) is 212 Å². The van der Waals surface area contributed by atoms with Crippen LogP contribution in [0.4, 0.5) is 0 Å². The number of carbonyl (C=O) groups is 1. The molecule has 0 radical (unpaired) electrons. The quantitative estimate of drug-likeness (QED) is 0.0299. The second-order valence-corrected chi connectivity index (χ2v) is 15.2. The molecule has 3 atom stereocenters. The lowest BCUT2D eigenvalue weighted by Gasteiger charge is -2.24. The first kappa shape index (κ1) is 45.8. The second kappa shape index (κ2) is 33.3. The first-order chi connectivity index (χ1) is 22.7. The molecule has 0 bridgehead atoms. The summed E-state index contributed by atoms with van der Waals surface area (Å²) in [6.07, 6.45) is 37.8. The van der Waals surface area contributed by atoms with Gasteiger partial charge in [0.25, 0.3) is 10.1 Å². The molecular weight excluding hydrogens is 610 g/mol. The minimum Gasteiger partial charge on any atom is -0.391 e. The highest BCUT2D eigenvalue weighted by molar-refractivity contribution is 7.85. The minimum atomic E-state index is -4.40. The Labute approximate surface area is 290 Å². The van der Waals surface area contributed by atoms with Gasteiger partial charge in [-0.2, -0.15) is 8.42 Å². The summed E-state index contributed by atoms with van der Waals surface area (Å²) in [6.45, 7) is 4.38. The van der Waals surface area contributed by atoms with Crippen LogP contribution in [0.1, 0.15) is 194 Å². The summed E-state index contributed by atoms with van der Waals surface area (Å²) in [7, 11) is -4.40. The van der Waals surface area contributed by atoms with Gasteiger partial charge in [-0.15, -0.1) is 0 Å². The lowest BCUT2D eigenvalue weighted by molar-refractivity contribution is -0.131. The van der Waals surface area contributed by atoms with Crippen molar-refractivity contribution in [1.29, 1.82) is 0 Å². The van der Waals surface area contributed by atoms with Gasteiger partial charge >= 0.3 is 0 Å². The van der Waals surface area contributed by atoms with Gasteiger partial charge in [-0.3, -0.25) is 9.35 Å². The van der Waals surface area contributed by atoms with Gasteiger partial charge in [0, 0.05) is 0 Å². The van der Waals surface area contributed by atoms with Crippen LogP contribution in [0.25, 0.3) is 0 Å². The Morgan fingerprint density at radius 3 is 1.49 bits per heavy atom. The SMILES string of the molecule is CC/C=C\C/C=C\CCCCCCCCCCCCCCCC(O)C(=O)NC(CS(=O)(=O)O)C(O)CCCCCCCCCCCC. The molecule has 278 valence electrons. The normalized spacial score (nSPS) is 14.2. The van der Waals surface area contributed by atoms with Crippen molar-refractivity contribution >= 4 is 16.0 Å². The van der Waals surface area contributed by atoms with Gasteiger partial charge in [-0.05, 0) is 38.5 Å². The van der Waals surface area contributed by atoms with Crippen molar-refractivity contribution < 1.29 is 28.0 Å². The van der Waals surface area contributed by atoms with Crippen molar-refractivity contribution in [1.82, 2.24) is 5.32 Å². The molecule has 0 aromatic heterocycles. The Kier molecular flexibility index (Phi) is 32.4. The number of allylic oxidation sites excluding steroid dienone is 4. The maximum absolute atomic E-state index is 12.6. The molecule has 0 aliphatic heterocycles. The Hall–Kier alpha value is -1.22. The standard InChI is InChI=1S/C39H75NO6S/c1-3-5-7-9-11-13-15-16-17-18-19-20-21-22-23-24-26-28-30-32-34-38(42)39(43)40-36(35-47(44,45)46)37(41)33-31-29-27-25-14-12-10-8-6-4-2/h5,7,11,13,36-38,41-42H,3-4,6,8-10,12,14-35H2,1-2H3,(H,40,43)(H,44,45,46)/b7-5-,13-11-. The van der Waals surface area contributed by atoms with Crippen LogP contribution < -0.4 is 5.32 Å². The number of aliphatic hydroxyl groups is 2. The summed E-state index contributed by atoms with van der Waals surface area (Å²) in [5.74, 6) is -1.45. The number of hydrogen-bond donors (Lipinski definition) is 4. The zero-order valence-electron chi connectivity index (χ0n) is 30.5. The van der Waals surface area contributed by atoms with E-state index in [1.165, 1.54) is 103 Å². The zero-order chi connectivity index (χ0) is 34.9. The number of amides is 1. The van der Waals surface area contributed by atoms with Crippen LogP contribution in [-0.4, -0.2) is 53.1 Å². The molecular formula is C39H75NO6S. The molecule has 3 unspecified atom stereocenters. The molecule has 0 saturated carbocycles. The first-order valence-corrected chi connectivity index (χ1v) is 21.2. The zero-order valence-corrected chi connectivity index (χ0v) is 31.3. The lowest BCUT2D eigenvalue weighted by Crippen LogP contribution is -2.50. The second-order valence-electron chi connectivity index (χ2n) is 13.7. The molecule has 7 nitrogen and oxygen atoms in total. The third-order valence-electron chi connectivity index (χ3n) is 9.03. The third-order valence-corrected chi connectivity index (χ3v) is 9.81. The summed E-state index contributed by atoms with van der Waals surface area (Å²) in [6, 6.07) is -1.14. The summed E-state index contributed by atoms with van der Waals surface area (Å²) in [4.78, 5) is 12.6. The molecule has 8 heteroatoms.